The first-order valence-electron chi connectivity index (χ1n) is 6.25. The largest absolute Gasteiger partial charge is 0.466 e. The van der Waals surface area contributed by atoms with Crippen LogP contribution in [-0.2, 0) is 14.3 Å². The molecule has 4 heteroatoms. The van der Waals surface area contributed by atoms with Crippen molar-refractivity contribution in [3.63, 3.8) is 0 Å². The Morgan fingerprint density at radius 1 is 1.29 bits per heavy atom. The Bertz CT molecular complexity index is 351. The molecule has 17 heavy (non-hydrogen) atoms. The van der Waals surface area contributed by atoms with Crippen LogP contribution in [0.2, 0.25) is 0 Å². The molecule has 3 aliphatic rings. The minimum atomic E-state index is -0.206. The number of ether oxygens (including phenoxy) is 1. The Hall–Kier alpha value is -1.32. The Morgan fingerprint density at radius 2 is 1.94 bits per heavy atom. The number of esters is 1. The number of hydrogen-bond acceptors (Lipinski definition) is 3. The first kappa shape index (κ1) is 12.1. The fourth-order valence-corrected chi connectivity index (χ4v) is 2.99. The molecule has 0 aromatic heterocycles. The summed E-state index contributed by atoms with van der Waals surface area (Å²) in [6.07, 6.45) is 6.29. The van der Waals surface area contributed by atoms with Gasteiger partial charge in [0, 0.05) is 13.0 Å². The van der Waals surface area contributed by atoms with Gasteiger partial charge in [-0.15, -0.1) is 0 Å². The summed E-state index contributed by atoms with van der Waals surface area (Å²) in [6, 6.07) is -0.0877. The van der Waals surface area contributed by atoms with Crippen molar-refractivity contribution < 1.29 is 14.3 Å². The van der Waals surface area contributed by atoms with E-state index in [1.807, 2.05) is 6.92 Å². The third kappa shape index (κ3) is 2.35. The van der Waals surface area contributed by atoms with Gasteiger partial charge in [0.25, 0.3) is 0 Å². The third-order valence-corrected chi connectivity index (χ3v) is 3.68. The van der Waals surface area contributed by atoms with Crippen molar-refractivity contribution in [3.8, 4) is 0 Å². The smallest absolute Gasteiger partial charge is 0.311 e. The van der Waals surface area contributed by atoms with Gasteiger partial charge in [0.05, 0.1) is 12.5 Å². The predicted molar refractivity (Wildman–Crippen MR) is 63.1 cm³/mol. The van der Waals surface area contributed by atoms with E-state index in [0.717, 1.165) is 12.8 Å². The molecular weight excluding hydrogens is 218 g/mol. The van der Waals surface area contributed by atoms with Crippen molar-refractivity contribution in [2.24, 2.45) is 17.8 Å². The molecule has 0 aromatic rings. The molecule has 0 spiro atoms. The van der Waals surface area contributed by atoms with E-state index in [2.05, 4.69) is 17.5 Å². The fourth-order valence-electron chi connectivity index (χ4n) is 2.99. The Balaban J connectivity index is 2.17. The van der Waals surface area contributed by atoms with E-state index in [1.165, 1.54) is 6.92 Å². The highest BCUT2D eigenvalue weighted by Gasteiger charge is 2.45. The summed E-state index contributed by atoms with van der Waals surface area (Å²) in [6.45, 7) is 3.69. The summed E-state index contributed by atoms with van der Waals surface area (Å²) in [5.74, 6) is 0.0346. The number of carbonyl (C=O) groups excluding carboxylic acids is 2. The van der Waals surface area contributed by atoms with E-state index >= 15 is 0 Å². The maximum absolute atomic E-state index is 12.0. The lowest BCUT2D eigenvalue weighted by atomic mass is 9.65. The number of hydrogen-bond donors (Lipinski definition) is 1. The molecule has 94 valence electrons. The molecular formula is C13H19NO3. The van der Waals surface area contributed by atoms with Crippen LogP contribution in [0.5, 0.6) is 0 Å². The Kier molecular flexibility index (Phi) is 3.50. The molecule has 0 saturated heterocycles. The first-order chi connectivity index (χ1) is 8.13. The molecule has 1 amide bonds. The highest BCUT2D eigenvalue weighted by molar-refractivity contribution is 5.78. The van der Waals surface area contributed by atoms with Gasteiger partial charge in [-0.25, -0.2) is 0 Å². The van der Waals surface area contributed by atoms with Crippen LogP contribution in [0.15, 0.2) is 12.2 Å². The molecule has 2 unspecified atom stereocenters. The predicted octanol–water partition coefficient (Wildman–Crippen LogP) is 1.27. The van der Waals surface area contributed by atoms with Gasteiger partial charge in [-0.1, -0.05) is 12.2 Å². The molecule has 1 saturated carbocycles. The van der Waals surface area contributed by atoms with Crippen LogP contribution in [0, 0.1) is 17.8 Å². The van der Waals surface area contributed by atoms with Gasteiger partial charge in [-0.05, 0) is 31.6 Å². The average Bonchev–Trinajstić information content (AvgIpc) is 2.29. The average molecular weight is 237 g/mol. The van der Waals surface area contributed by atoms with E-state index in [4.69, 9.17) is 4.74 Å². The zero-order valence-corrected chi connectivity index (χ0v) is 10.3. The lowest BCUT2D eigenvalue weighted by Crippen LogP contribution is -2.54. The molecule has 0 radical (unpaired) electrons. The van der Waals surface area contributed by atoms with Gasteiger partial charge < -0.3 is 10.1 Å². The van der Waals surface area contributed by atoms with Crippen LogP contribution in [0.4, 0.5) is 0 Å². The maximum Gasteiger partial charge on any atom is 0.311 e. The normalized spacial score (nSPS) is 34.5. The Morgan fingerprint density at radius 3 is 2.47 bits per heavy atom. The number of amides is 1. The van der Waals surface area contributed by atoms with E-state index < -0.39 is 0 Å². The van der Waals surface area contributed by atoms with Gasteiger partial charge in [0.15, 0.2) is 0 Å². The molecule has 0 aromatic carbocycles. The van der Waals surface area contributed by atoms with Crippen LogP contribution in [0.3, 0.4) is 0 Å². The summed E-state index contributed by atoms with van der Waals surface area (Å²) in [7, 11) is 0. The zero-order chi connectivity index (χ0) is 12.4. The molecule has 1 fully saturated rings. The van der Waals surface area contributed by atoms with Crippen molar-refractivity contribution in [1.82, 2.24) is 5.32 Å². The van der Waals surface area contributed by atoms with Gasteiger partial charge in [0.2, 0.25) is 5.91 Å². The summed E-state index contributed by atoms with van der Waals surface area (Å²) < 4.78 is 5.12. The van der Waals surface area contributed by atoms with Crippen molar-refractivity contribution in [2.75, 3.05) is 6.61 Å². The standard InChI is InChI=1S/C13H19NO3/c1-3-17-13(16)11-9-4-6-10(7-5-9)12(11)14-8(2)15/h4,6,9-12H,3,5,7H2,1-2H3,(H,14,15)/t9-,10+,11?,12?/m1/s1. The molecule has 0 aliphatic heterocycles. The zero-order valence-electron chi connectivity index (χ0n) is 10.3. The maximum atomic E-state index is 12.0. The van der Waals surface area contributed by atoms with E-state index in [-0.39, 0.29) is 35.7 Å². The molecule has 4 atom stereocenters. The molecule has 0 heterocycles. The van der Waals surface area contributed by atoms with Crippen molar-refractivity contribution in [2.45, 2.75) is 32.7 Å². The molecule has 3 rings (SSSR count). The first-order valence-corrected chi connectivity index (χ1v) is 6.25. The van der Waals surface area contributed by atoms with Crippen LogP contribution in [0.1, 0.15) is 26.7 Å². The van der Waals surface area contributed by atoms with Crippen LogP contribution < -0.4 is 5.32 Å². The van der Waals surface area contributed by atoms with Crippen molar-refractivity contribution >= 4 is 11.9 Å². The summed E-state index contributed by atoms with van der Waals surface area (Å²) >= 11 is 0. The minimum absolute atomic E-state index is 0.0785. The van der Waals surface area contributed by atoms with Crippen LogP contribution in [0.25, 0.3) is 0 Å². The summed E-state index contributed by atoms with van der Waals surface area (Å²) in [4.78, 5) is 23.2. The Labute approximate surface area is 101 Å². The molecule has 4 nitrogen and oxygen atoms in total. The second-order valence-electron chi connectivity index (χ2n) is 4.79. The number of allylic oxidation sites excluding steroid dienone is 1. The van der Waals surface area contributed by atoms with Gasteiger partial charge in [0.1, 0.15) is 0 Å². The van der Waals surface area contributed by atoms with E-state index in [9.17, 15) is 9.59 Å². The monoisotopic (exact) mass is 237 g/mol. The van der Waals surface area contributed by atoms with Gasteiger partial charge >= 0.3 is 5.97 Å². The molecule has 3 aliphatic carbocycles. The number of rotatable bonds is 3. The number of nitrogens with one attached hydrogen (secondary N) is 1. The van der Waals surface area contributed by atoms with Crippen molar-refractivity contribution in [3.05, 3.63) is 12.2 Å². The number of carbonyl (C=O) groups is 2. The van der Waals surface area contributed by atoms with Crippen LogP contribution >= 0.6 is 0 Å². The minimum Gasteiger partial charge on any atom is -0.466 e. The van der Waals surface area contributed by atoms with Gasteiger partial charge in [-0.3, -0.25) is 9.59 Å². The lowest BCUT2D eigenvalue weighted by molar-refractivity contribution is -0.153. The highest BCUT2D eigenvalue weighted by Crippen LogP contribution is 2.41. The van der Waals surface area contributed by atoms with Crippen molar-refractivity contribution in [1.29, 1.82) is 0 Å². The number of fused-ring (bicyclic) bond motifs is 2. The SMILES string of the molecule is CCOC(=O)C1C(NC(C)=O)[C@H]2C=C[C@@H]1CC2. The summed E-state index contributed by atoms with van der Waals surface area (Å²) in [5.41, 5.74) is 0. The summed E-state index contributed by atoms with van der Waals surface area (Å²) in [5, 5.41) is 2.91. The van der Waals surface area contributed by atoms with Gasteiger partial charge in [-0.2, -0.15) is 0 Å². The second kappa shape index (κ2) is 4.90. The second-order valence-corrected chi connectivity index (χ2v) is 4.79. The lowest BCUT2D eigenvalue weighted by Gasteiger charge is -2.43. The third-order valence-electron chi connectivity index (χ3n) is 3.68. The van der Waals surface area contributed by atoms with E-state index in [1.54, 1.807) is 0 Å². The highest BCUT2D eigenvalue weighted by atomic mass is 16.5. The van der Waals surface area contributed by atoms with E-state index in [0.29, 0.717) is 6.61 Å². The topological polar surface area (TPSA) is 55.4 Å². The molecule has 1 N–H and O–H groups in total. The fraction of sp³-hybridized carbons (Fsp3) is 0.692. The molecule has 2 bridgehead atoms. The van der Waals surface area contributed by atoms with Crippen LogP contribution in [-0.4, -0.2) is 24.5 Å². The quantitative estimate of drug-likeness (QED) is 0.594.